The molecule has 2 N–H and O–H groups in total. The number of nitrogens with one attached hydrogen (secondary N) is 1. The Hall–Kier alpha value is -3.53. The molecule has 0 saturated heterocycles. The molecule has 1 aliphatic heterocycles. The van der Waals surface area contributed by atoms with E-state index in [9.17, 15) is 5.11 Å². The number of aliphatic hydroxyl groups excluding tert-OH is 1. The minimum Gasteiger partial charge on any atom is -0.491 e. The van der Waals surface area contributed by atoms with Crippen molar-refractivity contribution in [2.24, 2.45) is 0 Å². The summed E-state index contributed by atoms with van der Waals surface area (Å²) in [4.78, 5) is 16.7. The zero-order valence-electron chi connectivity index (χ0n) is 21.2. The normalized spacial score (nSPS) is 13.6. The molecular weight excluding hydrogens is 492 g/mol. The van der Waals surface area contributed by atoms with Crippen LogP contribution in [0.15, 0.2) is 41.1 Å². The van der Waals surface area contributed by atoms with Gasteiger partial charge in [0.15, 0.2) is 5.82 Å². The van der Waals surface area contributed by atoms with Crippen molar-refractivity contribution in [3.63, 3.8) is 0 Å². The van der Waals surface area contributed by atoms with E-state index in [4.69, 9.17) is 30.8 Å². The summed E-state index contributed by atoms with van der Waals surface area (Å²) in [5, 5.41) is 17.6. The Balaban J connectivity index is 1.60. The molecule has 1 aliphatic rings. The lowest BCUT2D eigenvalue weighted by molar-refractivity contribution is 0.108. The monoisotopic (exact) mass is 520 g/mol. The molecule has 37 heavy (non-hydrogen) atoms. The van der Waals surface area contributed by atoms with Crippen LogP contribution in [0.2, 0.25) is 5.02 Å². The summed E-state index contributed by atoms with van der Waals surface area (Å²) in [6.07, 6.45) is 1.18. The quantitative estimate of drug-likeness (QED) is 0.352. The largest absolute Gasteiger partial charge is 0.491 e. The third-order valence-corrected chi connectivity index (χ3v) is 6.77. The van der Waals surface area contributed by atoms with Crippen LogP contribution in [-0.2, 0) is 13.1 Å². The van der Waals surface area contributed by atoms with Crippen LogP contribution >= 0.6 is 11.6 Å². The Morgan fingerprint density at radius 2 is 2.03 bits per heavy atom. The summed E-state index contributed by atoms with van der Waals surface area (Å²) in [7, 11) is 1.78. The van der Waals surface area contributed by atoms with Crippen molar-refractivity contribution < 1.29 is 14.4 Å². The number of hydrogen-bond acceptors (Lipinski definition) is 9. The van der Waals surface area contributed by atoms with Gasteiger partial charge in [0.2, 0.25) is 0 Å². The highest BCUT2D eigenvalue weighted by Gasteiger charge is 2.27. The number of halogens is 1. The molecule has 0 unspecified atom stereocenters. The maximum absolute atomic E-state index is 10.0. The van der Waals surface area contributed by atoms with Crippen molar-refractivity contribution >= 4 is 17.4 Å². The lowest BCUT2D eigenvalue weighted by Crippen LogP contribution is -2.29. The first kappa shape index (κ1) is 25.1. The van der Waals surface area contributed by atoms with Gasteiger partial charge in [0.25, 0.3) is 0 Å². The van der Waals surface area contributed by atoms with Gasteiger partial charge in [-0.05, 0) is 57.6 Å². The van der Waals surface area contributed by atoms with Gasteiger partial charge in [-0.1, -0.05) is 22.8 Å². The maximum atomic E-state index is 10.0. The van der Waals surface area contributed by atoms with E-state index in [-0.39, 0.29) is 6.61 Å². The van der Waals surface area contributed by atoms with Gasteiger partial charge in [0, 0.05) is 30.4 Å². The van der Waals surface area contributed by atoms with Crippen molar-refractivity contribution in [3.8, 4) is 28.4 Å². The Bertz CT molecular complexity index is 1400. The number of pyridine rings is 1. The summed E-state index contributed by atoms with van der Waals surface area (Å²) in [6, 6.07) is 9.37. The molecular formula is C27H29ClN6O3. The highest BCUT2D eigenvalue weighted by Crippen LogP contribution is 2.38. The van der Waals surface area contributed by atoms with E-state index in [2.05, 4.69) is 26.4 Å². The van der Waals surface area contributed by atoms with Gasteiger partial charge >= 0.3 is 0 Å². The standard InChI is InChI=1S/C27H29ClN6O3/c1-15-25(24-16(2)33-37-17(24)3)31-26(32-27(15)34-12-18-6-5-9-30-23(18)13-34)21-10-20(7-8-22(21)28)36-14-19(35)11-29-4/h5-10,19,29,35H,11-14H2,1-4H3/t19-/m0/s1. The molecule has 0 saturated carbocycles. The van der Waals surface area contributed by atoms with Gasteiger partial charge in [0.05, 0.1) is 34.2 Å². The fourth-order valence-electron chi connectivity index (χ4n) is 4.60. The van der Waals surface area contributed by atoms with E-state index in [1.54, 1.807) is 25.2 Å². The number of benzene rings is 1. The third-order valence-electron chi connectivity index (χ3n) is 6.44. The van der Waals surface area contributed by atoms with Crippen LogP contribution in [0.25, 0.3) is 22.6 Å². The Kier molecular flexibility index (Phi) is 7.10. The van der Waals surface area contributed by atoms with Crippen LogP contribution in [-0.4, -0.2) is 51.5 Å². The molecule has 0 aliphatic carbocycles. The number of fused-ring (bicyclic) bond motifs is 1. The fourth-order valence-corrected chi connectivity index (χ4v) is 4.80. The van der Waals surface area contributed by atoms with Crippen LogP contribution in [0.4, 0.5) is 5.82 Å². The first-order valence-corrected chi connectivity index (χ1v) is 12.5. The van der Waals surface area contributed by atoms with Crippen LogP contribution in [0.3, 0.4) is 0 Å². The first-order chi connectivity index (χ1) is 17.9. The second kappa shape index (κ2) is 10.5. The van der Waals surface area contributed by atoms with E-state index in [1.807, 2.05) is 33.0 Å². The third kappa shape index (κ3) is 5.02. The SMILES string of the molecule is CNC[C@H](O)COc1ccc(Cl)c(-c2nc(-c3c(C)noc3C)c(C)c(N3Cc4cccnc4C3)n2)c1. The van der Waals surface area contributed by atoms with Gasteiger partial charge < -0.3 is 24.6 Å². The van der Waals surface area contributed by atoms with E-state index >= 15 is 0 Å². The summed E-state index contributed by atoms with van der Waals surface area (Å²) >= 11 is 6.66. The molecule has 0 radical (unpaired) electrons. The predicted molar refractivity (Wildman–Crippen MR) is 142 cm³/mol. The van der Waals surface area contributed by atoms with Crippen molar-refractivity contribution in [2.75, 3.05) is 25.1 Å². The van der Waals surface area contributed by atoms with Gasteiger partial charge in [-0.25, -0.2) is 9.97 Å². The Morgan fingerprint density at radius 1 is 1.19 bits per heavy atom. The average Bonchev–Trinajstić information content (AvgIpc) is 3.46. The lowest BCUT2D eigenvalue weighted by Gasteiger charge is -2.22. The second-order valence-electron chi connectivity index (χ2n) is 9.17. The van der Waals surface area contributed by atoms with Crippen LogP contribution < -0.4 is 15.0 Å². The molecule has 4 heterocycles. The van der Waals surface area contributed by atoms with Crippen molar-refractivity contribution in [2.45, 2.75) is 40.0 Å². The number of aliphatic hydroxyl groups is 1. The molecule has 0 fully saturated rings. The number of anilines is 1. The molecule has 0 amide bonds. The molecule has 3 aromatic heterocycles. The molecule has 192 valence electrons. The maximum Gasteiger partial charge on any atom is 0.163 e. The number of ether oxygens (including phenoxy) is 1. The Labute approximate surface area is 220 Å². The summed E-state index contributed by atoms with van der Waals surface area (Å²) in [5.74, 6) is 2.51. The number of hydrogen-bond donors (Lipinski definition) is 2. The molecule has 0 bridgehead atoms. The fraction of sp³-hybridized carbons (Fsp3) is 0.333. The highest BCUT2D eigenvalue weighted by atomic mass is 35.5. The van der Waals surface area contributed by atoms with Crippen LogP contribution in [0.5, 0.6) is 5.75 Å². The molecule has 0 spiro atoms. The molecule has 5 rings (SSSR count). The van der Waals surface area contributed by atoms with E-state index < -0.39 is 6.10 Å². The van der Waals surface area contributed by atoms with Crippen LogP contribution in [0, 0.1) is 20.8 Å². The molecule has 4 aromatic rings. The second-order valence-corrected chi connectivity index (χ2v) is 9.58. The highest BCUT2D eigenvalue weighted by molar-refractivity contribution is 6.33. The number of likely N-dealkylation sites (N-methyl/N-ethyl adjacent to an activating group) is 1. The van der Waals surface area contributed by atoms with Crippen molar-refractivity contribution in [1.82, 2.24) is 25.4 Å². The van der Waals surface area contributed by atoms with Gasteiger partial charge in [-0.2, -0.15) is 0 Å². The van der Waals surface area contributed by atoms with Crippen LogP contribution in [0.1, 0.15) is 28.3 Å². The van der Waals surface area contributed by atoms with E-state index in [1.165, 1.54) is 5.56 Å². The number of aryl methyl sites for hydroxylation is 2. The minimum atomic E-state index is -0.636. The summed E-state index contributed by atoms with van der Waals surface area (Å²) in [6.45, 7) is 7.71. The number of rotatable bonds is 8. The zero-order valence-corrected chi connectivity index (χ0v) is 22.0. The minimum absolute atomic E-state index is 0.144. The smallest absolute Gasteiger partial charge is 0.163 e. The van der Waals surface area contributed by atoms with Crippen molar-refractivity contribution in [3.05, 3.63) is 69.8 Å². The predicted octanol–water partition coefficient (Wildman–Crippen LogP) is 4.25. The number of nitrogens with zero attached hydrogens (tertiary/aromatic N) is 5. The first-order valence-electron chi connectivity index (χ1n) is 12.1. The lowest BCUT2D eigenvalue weighted by atomic mass is 10.0. The summed E-state index contributed by atoms with van der Waals surface area (Å²) < 4.78 is 11.3. The van der Waals surface area contributed by atoms with E-state index in [0.29, 0.717) is 47.6 Å². The summed E-state index contributed by atoms with van der Waals surface area (Å²) in [5.41, 5.74) is 6.10. The Morgan fingerprint density at radius 3 is 2.76 bits per heavy atom. The number of aromatic nitrogens is 4. The molecule has 1 atom stereocenters. The average molecular weight is 521 g/mol. The zero-order chi connectivity index (χ0) is 26.1. The van der Waals surface area contributed by atoms with Gasteiger partial charge in [0.1, 0.15) is 30.0 Å². The van der Waals surface area contributed by atoms with Gasteiger partial charge in [-0.3, -0.25) is 4.98 Å². The van der Waals surface area contributed by atoms with Crippen molar-refractivity contribution in [1.29, 1.82) is 0 Å². The molecule has 9 nitrogen and oxygen atoms in total. The van der Waals surface area contributed by atoms with E-state index in [0.717, 1.165) is 34.0 Å². The van der Waals surface area contributed by atoms with Gasteiger partial charge in [-0.15, -0.1) is 0 Å². The molecule has 10 heteroatoms. The molecule has 1 aromatic carbocycles. The topological polar surface area (TPSA) is 109 Å².